The lowest BCUT2D eigenvalue weighted by molar-refractivity contribution is -0.241. The minimum absolute atomic E-state index is 0.339. The van der Waals surface area contributed by atoms with Crippen LogP contribution in [0.4, 0.5) is 4.39 Å². The number of hydrogen-bond donors (Lipinski definition) is 0. The number of benzene rings is 2. The number of halogens is 1. The number of nitrogens with zero attached hydrogens (tertiary/aromatic N) is 1. The topological polar surface area (TPSA) is 40.2 Å². The Morgan fingerprint density at radius 3 is 2.26 bits per heavy atom. The van der Waals surface area contributed by atoms with Crippen LogP contribution in [0, 0.1) is 5.82 Å². The summed E-state index contributed by atoms with van der Waals surface area (Å²) in [6.45, 7) is 5.51. The second-order valence-corrected chi connectivity index (χ2v) is 6.58. The van der Waals surface area contributed by atoms with Crippen molar-refractivity contribution in [2.24, 2.45) is 0 Å². The molecule has 1 unspecified atom stereocenters. The quantitative estimate of drug-likeness (QED) is 0.607. The molecular weight excluding hydrogens is 293 g/mol. The van der Waals surface area contributed by atoms with Gasteiger partial charge in [0.15, 0.2) is 0 Å². The highest BCUT2D eigenvalue weighted by Gasteiger charge is 2.31. The molecule has 0 aliphatic carbocycles. The molecule has 0 fully saturated rings. The highest BCUT2D eigenvalue weighted by molar-refractivity contribution is 5.77. The van der Waals surface area contributed by atoms with Gasteiger partial charge in [-0.25, -0.2) is 4.39 Å². The number of hydrogen-bond acceptors (Lipinski definition) is 2. The van der Waals surface area contributed by atoms with Gasteiger partial charge in [-0.2, -0.15) is 0 Å². The van der Waals surface area contributed by atoms with Gasteiger partial charge in [0.05, 0.1) is 6.04 Å². The summed E-state index contributed by atoms with van der Waals surface area (Å²) in [6, 6.07) is 12.7. The summed E-state index contributed by atoms with van der Waals surface area (Å²) < 4.78 is 13.2. The van der Waals surface area contributed by atoms with E-state index < -0.39 is 11.6 Å². The minimum Gasteiger partial charge on any atom is -0.298 e. The van der Waals surface area contributed by atoms with E-state index >= 15 is 0 Å². The van der Waals surface area contributed by atoms with E-state index in [1.165, 1.54) is 12.1 Å². The maximum Gasteiger partial charge on any atom is 0.150 e. The molecule has 1 atom stereocenters. The van der Waals surface area contributed by atoms with Gasteiger partial charge in [-0.05, 0) is 50.5 Å². The van der Waals surface area contributed by atoms with Gasteiger partial charge in [-0.3, -0.25) is 4.79 Å². The summed E-state index contributed by atoms with van der Waals surface area (Å²) in [4.78, 5) is 11.2. The molecule has 0 spiro atoms. The Bertz CT molecular complexity index is 662. The molecule has 3 nitrogen and oxygen atoms in total. The van der Waals surface area contributed by atoms with Gasteiger partial charge >= 0.3 is 0 Å². The summed E-state index contributed by atoms with van der Waals surface area (Å²) in [5, 5.41) is 13.8. The van der Waals surface area contributed by atoms with Crippen LogP contribution in [0.3, 0.4) is 0 Å². The average molecular weight is 314 g/mol. The Kier molecular flexibility index (Phi) is 5.29. The number of hydroxylamine groups is 2. The molecule has 0 N–H and O–H groups in total. The lowest BCUT2D eigenvalue weighted by atomic mass is 9.93. The molecular formula is C19H21FNO2. The van der Waals surface area contributed by atoms with Crippen LogP contribution in [0.1, 0.15) is 48.3 Å². The minimum atomic E-state index is -0.602. The second-order valence-electron chi connectivity index (χ2n) is 6.58. The second kappa shape index (κ2) is 7.02. The van der Waals surface area contributed by atoms with E-state index in [4.69, 9.17) is 0 Å². The van der Waals surface area contributed by atoms with Crippen molar-refractivity contribution in [3.8, 4) is 0 Å². The fourth-order valence-corrected chi connectivity index (χ4v) is 2.53. The SMILES string of the molecule is CC(C)(C)N([O])C(Cc1ccccc1C=O)c1ccc(F)cc1. The zero-order valence-corrected chi connectivity index (χ0v) is 13.6. The van der Waals surface area contributed by atoms with E-state index in [0.717, 1.165) is 22.5 Å². The van der Waals surface area contributed by atoms with E-state index in [9.17, 15) is 14.4 Å². The van der Waals surface area contributed by atoms with Gasteiger partial charge in [-0.1, -0.05) is 36.4 Å². The molecule has 1 radical (unpaired) electrons. The van der Waals surface area contributed by atoms with Crippen molar-refractivity contribution in [1.29, 1.82) is 0 Å². The van der Waals surface area contributed by atoms with Gasteiger partial charge in [0.2, 0.25) is 0 Å². The van der Waals surface area contributed by atoms with Gasteiger partial charge < -0.3 is 0 Å². The lowest BCUT2D eigenvalue weighted by Crippen LogP contribution is -2.41. The summed E-state index contributed by atoms with van der Waals surface area (Å²) in [7, 11) is 0. The van der Waals surface area contributed by atoms with Crippen LogP contribution in [0.5, 0.6) is 0 Å². The van der Waals surface area contributed by atoms with E-state index in [-0.39, 0.29) is 5.82 Å². The number of aldehydes is 1. The van der Waals surface area contributed by atoms with Crippen molar-refractivity contribution in [2.45, 2.75) is 38.8 Å². The number of carbonyl (C=O) groups is 1. The molecule has 2 aromatic rings. The van der Waals surface area contributed by atoms with Crippen molar-refractivity contribution in [3.05, 3.63) is 71.0 Å². The molecule has 0 saturated carbocycles. The standard InChI is InChI=1S/C19H21FNO2/c1-19(2,3)21(23)18(14-8-10-17(20)11-9-14)12-15-6-4-5-7-16(15)13-22/h4-11,13,18H,12H2,1-3H3. The molecule has 0 amide bonds. The number of rotatable bonds is 5. The summed E-state index contributed by atoms with van der Waals surface area (Å²) in [6.07, 6.45) is 1.19. The number of carbonyl (C=O) groups excluding carboxylic acids is 1. The van der Waals surface area contributed by atoms with Crippen molar-refractivity contribution in [1.82, 2.24) is 5.06 Å². The first kappa shape index (κ1) is 17.3. The third-order valence-corrected chi connectivity index (χ3v) is 3.79. The maximum absolute atomic E-state index is 13.2. The molecule has 0 saturated heterocycles. The first-order chi connectivity index (χ1) is 10.8. The smallest absolute Gasteiger partial charge is 0.150 e. The lowest BCUT2D eigenvalue weighted by Gasteiger charge is -2.34. The highest BCUT2D eigenvalue weighted by atomic mass is 19.1. The molecule has 2 aromatic carbocycles. The molecule has 0 bridgehead atoms. The fourth-order valence-electron chi connectivity index (χ4n) is 2.53. The molecule has 0 aromatic heterocycles. The van der Waals surface area contributed by atoms with E-state index in [1.807, 2.05) is 32.9 Å². The Labute approximate surface area is 136 Å². The van der Waals surface area contributed by atoms with Crippen LogP contribution in [-0.2, 0) is 11.6 Å². The Morgan fingerprint density at radius 2 is 1.70 bits per heavy atom. The summed E-state index contributed by atoms with van der Waals surface area (Å²) in [5.41, 5.74) is 1.51. The van der Waals surface area contributed by atoms with Gasteiger partial charge in [0.1, 0.15) is 12.1 Å². The van der Waals surface area contributed by atoms with E-state index in [1.54, 1.807) is 24.3 Å². The monoisotopic (exact) mass is 314 g/mol. The van der Waals surface area contributed by atoms with Crippen molar-refractivity contribution in [2.75, 3.05) is 0 Å². The normalized spacial score (nSPS) is 13.1. The third-order valence-electron chi connectivity index (χ3n) is 3.79. The molecule has 0 aliphatic heterocycles. The highest BCUT2D eigenvalue weighted by Crippen LogP contribution is 2.30. The Balaban J connectivity index is 2.41. The Morgan fingerprint density at radius 1 is 1.09 bits per heavy atom. The maximum atomic E-state index is 13.2. The van der Waals surface area contributed by atoms with Gasteiger partial charge in [-0.15, -0.1) is 10.3 Å². The predicted molar refractivity (Wildman–Crippen MR) is 87.0 cm³/mol. The first-order valence-electron chi connectivity index (χ1n) is 7.58. The van der Waals surface area contributed by atoms with Crippen LogP contribution in [-0.4, -0.2) is 16.9 Å². The zero-order valence-electron chi connectivity index (χ0n) is 13.6. The van der Waals surface area contributed by atoms with Crippen LogP contribution < -0.4 is 0 Å². The largest absolute Gasteiger partial charge is 0.298 e. The van der Waals surface area contributed by atoms with Crippen LogP contribution in [0.2, 0.25) is 0 Å². The molecule has 0 heterocycles. The molecule has 121 valence electrons. The summed E-state index contributed by atoms with van der Waals surface area (Å²) in [5.74, 6) is -0.339. The van der Waals surface area contributed by atoms with Gasteiger partial charge in [0.25, 0.3) is 0 Å². The van der Waals surface area contributed by atoms with Gasteiger partial charge in [0, 0.05) is 11.1 Å². The molecule has 23 heavy (non-hydrogen) atoms. The van der Waals surface area contributed by atoms with E-state index in [2.05, 4.69) is 0 Å². The average Bonchev–Trinajstić information content (AvgIpc) is 2.52. The van der Waals surface area contributed by atoms with Crippen LogP contribution >= 0.6 is 0 Å². The zero-order chi connectivity index (χ0) is 17.0. The fraction of sp³-hybridized carbons (Fsp3) is 0.316. The van der Waals surface area contributed by atoms with Crippen LogP contribution in [0.25, 0.3) is 0 Å². The molecule has 4 heteroatoms. The first-order valence-corrected chi connectivity index (χ1v) is 7.58. The predicted octanol–water partition coefficient (Wildman–Crippen LogP) is 4.37. The summed E-state index contributed by atoms with van der Waals surface area (Å²) >= 11 is 0. The van der Waals surface area contributed by atoms with Crippen molar-refractivity contribution >= 4 is 6.29 Å². The molecule has 2 rings (SSSR count). The Hall–Kier alpha value is -2.04. The van der Waals surface area contributed by atoms with Crippen LogP contribution in [0.15, 0.2) is 48.5 Å². The molecule has 0 aliphatic rings. The van der Waals surface area contributed by atoms with E-state index in [0.29, 0.717) is 12.0 Å². The third kappa shape index (κ3) is 4.24. The van der Waals surface area contributed by atoms with Crippen molar-refractivity contribution < 1.29 is 14.4 Å². The van der Waals surface area contributed by atoms with Crippen molar-refractivity contribution in [3.63, 3.8) is 0 Å².